The third-order valence-electron chi connectivity index (χ3n) is 1.30. The van der Waals surface area contributed by atoms with Crippen molar-refractivity contribution in [2.75, 3.05) is 0 Å². The lowest BCUT2D eigenvalue weighted by atomic mass is 9.84. The van der Waals surface area contributed by atoms with Crippen molar-refractivity contribution in [3.05, 3.63) is 0 Å². The lowest BCUT2D eigenvalue weighted by Gasteiger charge is -2.30. The maximum absolute atomic E-state index is 10.7. The van der Waals surface area contributed by atoms with Gasteiger partial charge in [0.1, 0.15) is 0 Å². The first-order valence-electron chi connectivity index (χ1n) is 4.15. The van der Waals surface area contributed by atoms with E-state index in [1.165, 1.54) is 0 Å². The van der Waals surface area contributed by atoms with E-state index in [9.17, 15) is 8.42 Å². The second kappa shape index (κ2) is 3.55. The zero-order valence-electron chi connectivity index (χ0n) is 8.92. The van der Waals surface area contributed by atoms with E-state index in [2.05, 4.69) is 0 Å². The Morgan fingerprint density at radius 2 is 1.54 bits per heavy atom. The molecule has 0 aliphatic heterocycles. The van der Waals surface area contributed by atoms with Gasteiger partial charge in [0.25, 0.3) is 0 Å². The molecule has 0 unspecified atom stereocenters. The van der Waals surface area contributed by atoms with Crippen LogP contribution in [0.25, 0.3) is 0 Å². The largest absolute Gasteiger partial charge is 0.333 e. The van der Waals surface area contributed by atoms with Crippen LogP contribution in [0.1, 0.15) is 41.0 Å². The van der Waals surface area contributed by atoms with E-state index >= 15 is 0 Å². The molecule has 0 rings (SSSR count). The van der Waals surface area contributed by atoms with Crippen LogP contribution in [-0.2, 0) is 14.5 Å². The first-order chi connectivity index (χ1) is 5.41. The standard InChI is InChI=1S/C8H19NO3S/c1-7(2,3)6-8(4,5)12-13(9,10)11/h6H2,1-5H3,(H2,9,10,11). The van der Waals surface area contributed by atoms with Gasteiger partial charge in [-0.25, -0.2) is 5.14 Å². The predicted octanol–water partition coefficient (Wildman–Crippen LogP) is 1.42. The summed E-state index contributed by atoms with van der Waals surface area (Å²) in [5.74, 6) is 0. The Labute approximate surface area is 80.7 Å². The van der Waals surface area contributed by atoms with Gasteiger partial charge in [0.2, 0.25) is 0 Å². The molecule has 0 spiro atoms. The van der Waals surface area contributed by atoms with Gasteiger partial charge < -0.3 is 0 Å². The molecule has 0 atom stereocenters. The monoisotopic (exact) mass is 209 g/mol. The third-order valence-corrected chi connectivity index (χ3v) is 1.98. The molecule has 2 N–H and O–H groups in total. The van der Waals surface area contributed by atoms with E-state index in [0.29, 0.717) is 6.42 Å². The minimum atomic E-state index is -3.85. The van der Waals surface area contributed by atoms with Crippen LogP contribution in [-0.4, -0.2) is 14.0 Å². The molecule has 0 bridgehead atoms. The zero-order chi connectivity index (χ0) is 10.9. The second-order valence-electron chi connectivity index (χ2n) is 5.07. The van der Waals surface area contributed by atoms with Crippen molar-refractivity contribution in [1.82, 2.24) is 0 Å². The summed E-state index contributed by atoms with van der Waals surface area (Å²) in [6.07, 6.45) is 0.621. The molecular formula is C8H19NO3S. The highest BCUT2D eigenvalue weighted by molar-refractivity contribution is 7.84. The van der Waals surface area contributed by atoms with E-state index in [0.717, 1.165) is 0 Å². The van der Waals surface area contributed by atoms with E-state index < -0.39 is 15.9 Å². The Morgan fingerprint density at radius 1 is 1.15 bits per heavy atom. The quantitative estimate of drug-likeness (QED) is 0.764. The molecule has 0 heterocycles. The van der Waals surface area contributed by atoms with E-state index in [4.69, 9.17) is 9.32 Å². The van der Waals surface area contributed by atoms with E-state index in [1.54, 1.807) is 13.8 Å². The van der Waals surface area contributed by atoms with Gasteiger partial charge in [-0.3, -0.25) is 4.18 Å². The number of rotatable bonds is 3. The highest BCUT2D eigenvalue weighted by Gasteiger charge is 2.29. The Balaban J connectivity index is 4.43. The number of hydrogen-bond acceptors (Lipinski definition) is 3. The van der Waals surface area contributed by atoms with Crippen molar-refractivity contribution in [3.8, 4) is 0 Å². The molecule has 5 heteroatoms. The minimum absolute atomic E-state index is 0.00812. The highest BCUT2D eigenvalue weighted by atomic mass is 32.2. The van der Waals surface area contributed by atoms with E-state index in [1.807, 2.05) is 20.8 Å². The van der Waals surface area contributed by atoms with Crippen molar-refractivity contribution in [3.63, 3.8) is 0 Å². The fourth-order valence-electron chi connectivity index (χ4n) is 1.62. The molecule has 0 aliphatic carbocycles. The molecule has 0 aromatic carbocycles. The van der Waals surface area contributed by atoms with Crippen molar-refractivity contribution in [2.45, 2.75) is 46.6 Å². The van der Waals surface area contributed by atoms with Gasteiger partial charge in [-0.1, -0.05) is 20.8 Å². The van der Waals surface area contributed by atoms with Crippen LogP contribution in [0.15, 0.2) is 0 Å². The Kier molecular flexibility index (Phi) is 3.52. The lowest BCUT2D eigenvalue weighted by Crippen LogP contribution is -2.35. The van der Waals surface area contributed by atoms with Gasteiger partial charge in [0.05, 0.1) is 5.60 Å². The first kappa shape index (κ1) is 12.9. The molecule has 80 valence electrons. The summed E-state index contributed by atoms with van der Waals surface area (Å²) in [6.45, 7) is 9.47. The molecule has 13 heavy (non-hydrogen) atoms. The van der Waals surface area contributed by atoms with Gasteiger partial charge in [0, 0.05) is 0 Å². The van der Waals surface area contributed by atoms with Crippen molar-refractivity contribution in [2.24, 2.45) is 10.6 Å². The van der Waals surface area contributed by atoms with Gasteiger partial charge in [-0.15, -0.1) is 0 Å². The molecule has 0 saturated carbocycles. The van der Waals surface area contributed by atoms with Gasteiger partial charge in [-0.2, -0.15) is 8.42 Å². The van der Waals surface area contributed by atoms with Crippen LogP contribution >= 0.6 is 0 Å². The number of nitrogens with two attached hydrogens (primary N) is 1. The summed E-state index contributed by atoms with van der Waals surface area (Å²) >= 11 is 0. The van der Waals surface area contributed by atoms with Crippen LogP contribution in [0.5, 0.6) is 0 Å². The van der Waals surface area contributed by atoms with Crippen LogP contribution < -0.4 is 5.14 Å². The SMILES string of the molecule is CC(C)(C)CC(C)(C)OS(N)(=O)=O. The molecule has 0 amide bonds. The summed E-state index contributed by atoms with van der Waals surface area (Å²) in [5.41, 5.74) is -0.736. The van der Waals surface area contributed by atoms with Gasteiger partial charge in [-0.05, 0) is 25.7 Å². The van der Waals surface area contributed by atoms with Gasteiger partial charge in [0.15, 0.2) is 0 Å². The van der Waals surface area contributed by atoms with Crippen molar-refractivity contribution >= 4 is 10.3 Å². The fraction of sp³-hybridized carbons (Fsp3) is 1.00. The van der Waals surface area contributed by atoms with Crippen LogP contribution in [0.4, 0.5) is 0 Å². The summed E-state index contributed by atoms with van der Waals surface area (Å²) < 4.78 is 26.1. The molecule has 0 fully saturated rings. The fourth-order valence-corrected chi connectivity index (χ4v) is 2.31. The van der Waals surface area contributed by atoms with Crippen molar-refractivity contribution in [1.29, 1.82) is 0 Å². The van der Waals surface area contributed by atoms with Crippen molar-refractivity contribution < 1.29 is 12.6 Å². The maximum Gasteiger partial charge on any atom is 0.333 e. The summed E-state index contributed by atoms with van der Waals surface area (Å²) in [4.78, 5) is 0. The van der Waals surface area contributed by atoms with Gasteiger partial charge >= 0.3 is 10.3 Å². The van der Waals surface area contributed by atoms with E-state index in [-0.39, 0.29) is 5.41 Å². The zero-order valence-corrected chi connectivity index (χ0v) is 9.73. The maximum atomic E-state index is 10.7. The Bertz CT molecular complexity index is 262. The average Bonchev–Trinajstić information content (AvgIpc) is 1.43. The Morgan fingerprint density at radius 3 is 1.77 bits per heavy atom. The average molecular weight is 209 g/mol. The molecule has 0 aromatic rings. The van der Waals surface area contributed by atoms with Crippen LogP contribution in [0, 0.1) is 5.41 Å². The van der Waals surface area contributed by atoms with Crippen LogP contribution in [0.3, 0.4) is 0 Å². The first-order valence-corrected chi connectivity index (χ1v) is 5.62. The summed E-state index contributed by atoms with van der Waals surface area (Å²) in [5, 5.41) is 4.79. The summed E-state index contributed by atoms with van der Waals surface area (Å²) in [7, 11) is -3.85. The summed E-state index contributed by atoms with van der Waals surface area (Å²) in [6, 6.07) is 0. The second-order valence-corrected chi connectivity index (χ2v) is 6.23. The topological polar surface area (TPSA) is 69.4 Å². The molecule has 0 saturated heterocycles. The molecule has 0 aliphatic rings. The molecule has 0 aromatic heterocycles. The smallest absolute Gasteiger partial charge is 0.252 e. The predicted molar refractivity (Wildman–Crippen MR) is 52.3 cm³/mol. The normalized spacial score (nSPS) is 14.6. The lowest BCUT2D eigenvalue weighted by molar-refractivity contribution is 0.0693. The molecular weight excluding hydrogens is 190 g/mol. The number of hydrogen-bond donors (Lipinski definition) is 1. The minimum Gasteiger partial charge on any atom is -0.252 e. The van der Waals surface area contributed by atoms with Crippen LogP contribution in [0.2, 0.25) is 0 Å². The Hall–Kier alpha value is -0.130. The third kappa shape index (κ3) is 8.21. The molecule has 4 nitrogen and oxygen atoms in total. The highest BCUT2D eigenvalue weighted by Crippen LogP contribution is 2.29. The molecule has 0 radical (unpaired) electrons.